The van der Waals surface area contributed by atoms with E-state index in [2.05, 4.69) is 56.2 Å². The number of guanidine groups is 1. The Bertz CT molecular complexity index is 447. The van der Waals surface area contributed by atoms with Crippen LogP contribution in [0.2, 0.25) is 0 Å². The number of hydrogen-bond donors (Lipinski definition) is 2. The van der Waals surface area contributed by atoms with Crippen LogP contribution in [0.25, 0.3) is 0 Å². The fourth-order valence-corrected chi connectivity index (χ4v) is 1.67. The number of nitrogens with one attached hydrogen (secondary N) is 1. The van der Waals surface area contributed by atoms with Crippen LogP contribution in [0.5, 0.6) is 5.75 Å². The molecule has 0 aromatic heterocycles. The van der Waals surface area contributed by atoms with Gasteiger partial charge in [0.15, 0.2) is 5.96 Å². The highest BCUT2D eigenvalue weighted by Crippen LogP contribution is 2.21. The van der Waals surface area contributed by atoms with Gasteiger partial charge < -0.3 is 15.8 Å². The van der Waals surface area contributed by atoms with Gasteiger partial charge in [-0.3, -0.25) is 0 Å². The number of aryl methyl sites for hydroxylation is 1. The Morgan fingerprint density at radius 3 is 2.71 bits per heavy atom. The molecule has 0 heterocycles. The summed E-state index contributed by atoms with van der Waals surface area (Å²) >= 11 is 0. The van der Waals surface area contributed by atoms with Crippen molar-refractivity contribution >= 4 is 29.9 Å². The van der Waals surface area contributed by atoms with E-state index in [-0.39, 0.29) is 24.0 Å². The molecule has 0 aliphatic carbocycles. The molecule has 0 radical (unpaired) electrons. The van der Waals surface area contributed by atoms with E-state index in [0.717, 1.165) is 30.9 Å². The summed E-state index contributed by atoms with van der Waals surface area (Å²) in [5, 5.41) is 3.11. The van der Waals surface area contributed by atoms with Crippen molar-refractivity contribution in [3.05, 3.63) is 29.3 Å². The predicted molar refractivity (Wildman–Crippen MR) is 101 cm³/mol. The van der Waals surface area contributed by atoms with Crippen molar-refractivity contribution in [2.45, 2.75) is 40.7 Å². The quantitative estimate of drug-likeness (QED) is 0.415. The zero-order chi connectivity index (χ0) is 15.0. The van der Waals surface area contributed by atoms with Crippen LogP contribution in [-0.4, -0.2) is 19.1 Å². The van der Waals surface area contributed by atoms with Crippen molar-refractivity contribution in [1.82, 2.24) is 5.32 Å². The molecule has 1 aromatic rings. The molecule has 0 amide bonds. The van der Waals surface area contributed by atoms with Crippen molar-refractivity contribution < 1.29 is 4.74 Å². The van der Waals surface area contributed by atoms with Gasteiger partial charge in [0.05, 0.1) is 13.2 Å². The maximum absolute atomic E-state index is 5.85. The van der Waals surface area contributed by atoms with Crippen LogP contribution in [0.3, 0.4) is 0 Å². The first-order chi connectivity index (χ1) is 9.52. The molecule has 0 saturated carbocycles. The van der Waals surface area contributed by atoms with Crippen molar-refractivity contribution in [1.29, 1.82) is 0 Å². The molecule has 21 heavy (non-hydrogen) atoms. The van der Waals surface area contributed by atoms with Gasteiger partial charge in [-0.05, 0) is 30.9 Å². The van der Waals surface area contributed by atoms with Crippen molar-refractivity contribution in [2.75, 3.05) is 13.2 Å². The highest BCUT2D eigenvalue weighted by molar-refractivity contribution is 14.0. The topological polar surface area (TPSA) is 59.6 Å². The van der Waals surface area contributed by atoms with E-state index in [1.165, 1.54) is 5.56 Å². The molecule has 0 unspecified atom stereocenters. The zero-order valence-corrected chi connectivity index (χ0v) is 15.8. The summed E-state index contributed by atoms with van der Waals surface area (Å²) < 4.78 is 5.77. The van der Waals surface area contributed by atoms with E-state index in [9.17, 15) is 0 Å². The average Bonchev–Trinajstić information content (AvgIpc) is 2.41. The summed E-state index contributed by atoms with van der Waals surface area (Å²) in [7, 11) is 0. The summed E-state index contributed by atoms with van der Waals surface area (Å²) in [5.74, 6) is 1.94. The minimum absolute atomic E-state index is 0. The molecule has 120 valence electrons. The molecule has 5 heteroatoms. The molecule has 0 atom stereocenters. The highest BCUT2D eigenvalue weighted by Gasteiger charge is 2.04. The first-order valence-corrected chi connectivity index (χ1v) is 7.29. The smallest absolute Gasteiger partial charge is 0.188 e. The maximum Gasteiger partial charge on any atom is 0.188 e. The summed E-state index contributed by atoms with van der Waals surface area (Å²) in [6, 6.07) is 6.18. The summed E-state index contributed by atoms with van der Waals surface area (Å²) in [6.45, 7) is 10.5. The molecule has 0 saturated heterocycles. The van der Waals surface area contributed by atoms with Gasteiger partial charge in [0.25, 0.3) is 0 Å². The molecular formula is C16H28IN3O. The van der Waals surface area contributed by atoms with E-state index < -0.39 is 0 Å². The van der Waals surface area contributed by atoms with Gasteiger partial charge in [-0.2, -0.15) is 0 Å². The summed E-state index contributed by atoms with van der Waals surface area (Å²) in [6.07, 6.45) is 0.995. The maximum atomic E-state index is 5.85. The number of nitrogens with zero attached hydrogens (tertiary/aromatic N) is 1. The van der Waals surface area contributed by atoms with Crippen LogP contribution in [0.15, 0.2) is 23.2 Å². The average molecular weight is 405 g/mol. The Kier molecular flexibility index (Phi) is 10.2. The Morgan fingerprint density at radius 2 is 2.10 bits per heavy atom. The molecule has 0 fully saturated rings. The largest absolute Gasteiger partial charge is 0.493 e. The van der Waals surface area contributed by atoms with Gasteiger partial charge in [-0.15, -0.1) is 24.0 Å². The molecule has 1 rings (SSSR count). The third kappa shape index (κ3) is 8.14. The second-order valence-electron chi connectivity index (χ2n) is 5.44. The molecule has 0 bridgehead atoms. The number of benzene rings is 1. The number of rotatable bonds is 7. The lowest BCUT2D eigenvalue weighted by molar-refractivity contribution is 0.314. The van der Waals surface area contributed by atoms with Gasteiger partial charge in [0.2, 0.25) is 0 Å². The standard InChI is InChI=1S/C16H27N3O.HI/c1-5-8-20-15-9-13(4)6-7-14(15)11-19-16(17)18-10-12(2)3;/h6-7,9,12H,5,8,10-11H2,1-4H3,(H3,17,18,19);1H. The van der Waals surface area contributed by atoms with Gasteiger partial charge >= 0.3 is 0 Å². The van der Waals surface area contributed by atoms with E-state index in [1.807, 2.05) is 0 Å². The second-order valence-corrected chi connectivity index (χ2v) is 5.44. The fraction of sp³-hybridized carbons (Fsp3) is 0.562. The molecule has 0 aliphatic rings. The minimum Gasteiger partial charge on any atom is -0.493 e. The van der Waals surface area contributed by atoms with Crippen molar-refractivity contribution in [3.8, 4) is 5.75 Å². The lowest BCUT2D eigenvalue weighted by atomic mass is 10.1. The molecule has 1 aromatic carbocycles. The first kappa shape index (κ1) is 20.0. The number of nitrogens with two attached hydrogens (primary N) is 1. The normalized spacial score (nSPS) is 11.2. The van der Waals surface area contributed by atoms with Crippen LogP contribution in [-0.2, 0) is 6.54 Å². The van der Waals surface area contributed by atoms with E-state index in [0.29, 0.717) is 18.4 Å². The minimum atomic E-state index is 0. The third-order valence-corrected chi connectivity index (χ3v) is 2.80. The van der Waals surface area contributed by atoms with E-state index in [1.54, 1.807) is 0 Å². The molecule has 3 N–H and O–H groups in total. The summed E-state index contributed by atoms with van der Waals surface area (Å²) in [4.78, 5) is 4.37. The number of ether oxygens (including phenoxy) is 1. The molecule has 0 spiro atoms. The van der Waals surface area contributed by atoms with Gasteiger partial charge in [0, 0.05) is 12.1 Å². The van der Waals surface area contributed by atoms with Crippen molar-refractivity contribution in [2.24, 2.45) is 16.6 Å². The Hall–Kier alpha value is -0.980. The lowest BCUT2D eigenvalue weighted by Crippen LogP contribution is -2.34. The fourth-order valence-electron chi connectivity index (χ4n) is 1.67. The number of aliphatic imine (C=N–C) groups is 1. The molecular weight excluding hydrogens is 377 g/mol. The van der Waals surface area contributed by atoms with Crippen LogP contribution >= 0.6 is 24.0 Å². The Labute approximate surface area is 145 Å². The van der Waals surface area contributed by atoms with E-state index >= 15 is 0 Å². The Balaban J connectivity index is 0.00000400. The number of hydrogen-bond acceptors (Lipinski definition) is 2. The second kappa shape index (κ2) is 10.7. The zero-order valence-electron chi connectivity index (χ0n) is 13.5. The van der Waals surface area contributed by atoms with Crippen LogP contribution in [0, 0.1) is 12.8 Å². The molecule has 0 aliphatic heterocycles. The van der Waals surface area contributed by atoms with E-state index in [4.69, 9.17) is 10.5 Å². The Morgan fingerprint density at radius 1 is 1.38 bits per heavy atom. The lowest BCUT2D eigenvalue weighted by Gasteiger charge is -2.11. The van der Waals surface area contributed by atoms with Gasteiger partial charge in [-0.25, -0.2) is 4.99 Å². The van der Waals surface area contributed by atoms with Gasteiger partial charge in [0.1, 0.15) is 5.75 Å². The monoisotopic (exact) mass is 405 g/mol. The van der Waals surface area contributed by atoms with Crippen LogP contribution < -0.4 is 15.8 Å². The SMILES string of the molecule is CCCOc1cc(C)ccc1CN=C(N)NCC(C)C.I. The number of halogens is 1. The van der Waals surface area contributed by atoms with Crippen molar-refractivity contribution in [3.63, 3.8) is 0 Å². The van der Waals surface area contributed by atoms with Crippen LogP contribution in [0.4, 0.5) is 0 Å². The van der Waals surface area contributed by atoms with Gasteiger partial charge in [-0.1, -0.05) is 32.9 Å². The highest BCUT2D eigenvalue weighted by atomic mass is 127. The predicted octanol–water partition coefficient (Wildman–Crippen LogP) is 3.46. The summed E-state index contributed by atoms with van der Waals surface area (Å²) in [5.41, 5.74) is 8.11. The first-order valence-electron chi connectivity index (χ1n) is 7.29. The molecule has 4 nitrogen and oxygen atoms in total. The van der Waals surface area contributed by atoms with Crippen LogP contribution in [0.1, 0.15) is 38.3 Å². The third-order valence-electron chi connectivity index (χ3n) is 2.80.